The molecule has 0 spiro atoms. The third-order valence-electron chi connectivity index (χ3n) is 6.11. The van der Waals surface area contributed by atoms with E-state index in [0.717, 1.165) is 21.4 Å². The summed E-state index contributed by atoms with van der Waals surface area (Å²) in [6, 6.07) is 20.8. The molecule has 2 aromatic carbocycles. The van der Waals surface area contributed by atoms with Crippen LogP contribution in [-0.2, 0) is 16.0 Å². The van der Waals surface area contributed by atoms with Gasteiger partial charge in [0.15, 0.2) is 11.9 Å². The van der Waals surface area contributed by atoms with E-state index in [1.165, 1.54) is 12.3 Å². The molecule has 0 unspecified atom stereocenters. The average molecular weight is 563 g/mol. The lowest BCUT2D eigenvalue weighted by Gasteiger charge is -2.21. The number of pyridine rings is 1. The van der Waals surface area contributed by atoms with Gasteiger partial charge in [-0.3, -0.25) is 14.7 Å². The van der Waals surface area contributed by atoms with Crippen molar-refractivity contribution >= 4 is 23.5 Å². The molecule has 2 heterocycles. The van der Waals surface area contributed by atoms with E-state index in [2.05, 4.69) is 15.4 Å². The summed E-state index contributed by atoms with van der Waals surface area (Å²) in [5.74, 6) is -0.857. The van der Waals surface area contributed by atoms with Gasteiger partial charge in [0.25, 0.3) is 11.5 Å². The van der Waals surface area contributed by atoms with Crippen molar-refractivity contribution in [1.29, 1.82) is 0 Å². The lowest BCUT2D eigenvalue weighted by molar-refractivity contribution is -0.155. The molecule has 0 aliphatic heterocycles. The molecule has 0 fully saturated rings. The zero-order valence-corrected chi connectivity index (χ0v) is 23.0. The monoisotopic (exact) mass is 562 g/mol. The second kappa shape index (κ2) is 13.2. The molecule has 208 valence electrons. The Morgan fingerprint density at radius 1 is 1.05 bits per heavy atom. The highest BCUT2D eigenvalue weighted by Gasteiger charge is 2.25. The number of amides is 1. The minimum absolute atomic E-state index is 0.0221. The van der Waals surface area contributed by atoms with E-state index < -0.39 is 29.6 Å². The van der Waals surface area contributed by atoms with Crippen LogP contribution in [0.3, 0.4) is 0 Å². The van der Waals surface area contributed by atoms with Crippen LogP contribution in [0.25, 0.3) is 16.9 Å². The van der Waals surface area contributed by atoms with Crippen molar-refractivity contribution < 1.29 is 19.4 Å². The minimum Gasteiger partial charge on any atom is -0.464 e. The van der Waals surface area contributed by atoms with Crippen molar-refractivity contribution in [2.75, 3.05) is 6.61 Å². The lowest BCUT2D eigenvalue weighted by atomic mass is 9.97. The first-order chi connectivity index (χ1) is 19.2. The number of aromatic amines is 1. The van der Waals surface area contributed by atoms with Crippen LogP contribution in [0.2, 0.25) is 5.02 Å². The van der Waals surface area contributed by atoms with E-state index in [1.807, 2.05) is 62.4 Å². The number of hydrogen-bond acceptors (Lipinski definition) is 6. The number of nitrogens with zero attached hydrogens (tertiary/aromatic N) is 2. The van der Waals surface area contributed by atoms with Crippen LogP contribution in [0, 0.1) is 5.92 Å². The van der Waals surface area contributed by atoms with E-state index in [-0.39, 0.29) is 24.6 Å². The quantitative estimate of drug-likeness (QED) is 0.236. The van der Waals surface area contributed by atoms with E-state index >= 15 is 0 Å². The molecule has 0 aliphatic rings. The summed E-state index contributed by atoms with van der Waals surface area (Å²) < 4.78 is 6.34. The van der Waals surface area contributed by atoms with Crippen LogP contribution in [0.1, 0.15) is 36.3 Å². The van der Waals surface area contributed by atoms with Gasteiger partial charge in [0.05, 0.1) is 6.61 Å². The number of rotatable bonds is 11. The number of ether oxygens (including phenoxy) is 1. The number of H-pyrrole nitrogens is 1. The van der Waals surface area contributed by atoms with Crippen molar-refractivity contribution in [1.82, 2.24) is 20.1 Å². The predicted molar refractivity (Wildman–Crippen MR) is 152 cm³/mol. The largest absolute Gasteiger partial charge is 0.464 e. The maximum absolute atomic E-state index is 13.2. The number of carbonyl (C=O) groups excluding carboxylic acids is 2. The van der Waals surface area contributed by atoms with Crippen LogP contribution in [-0.4, -0.2) is 50.5 Å². The molecule has 0 saturated heterocycles. The molecule has 0 radical (unpaired) electrons. The first-order valence-electron chi connectivity index (χ1n) is 12.9. The van der Waals surface area contributed by atoms with Crippen LogP contribution in [0.15, 0.2) is 83.8 Å². The number of benzene rings is 2. The van der Waals surface area contributed by atoms with E-state index in [1.54, 1.807) is 18.2 Å². The normalized spacial score (nSPS) is 12.6. The maximum atomic E-state index is 13.2. The van der Waals surface area contributed by atoms with Gasteiger partial charge in [-0.1, -0.05) is 67.9 Å². The Labute approximate surface area is 236 Å². The fourth-order valence-electron chi connectivity index (χ4n) is 4.12. The molecule has 40 heavy (non-hydrogen) atoms. The average Bonchev–Trinajstić information content (AvgIpc) is 3.34. The molecular weight excluding hydrogens is 532 g/mol. The fourth-order valence-corrected chi connectivity index (χ4v) is 4.31. The summed E-state index contributed by atoms with van der Waals surface area (Å²) in [7, 11) is 0. The third-order valence-corrected chi connectivity index (χ3v) is 6.35. The first kappa shape index (κ1) is 28.8. The van der Waals surface area contributed by atoms with Gasteiger partial charge in [0.1, 0.15) is 5.69 Å². The van der Waals surface area contributed by atoms with Gasteiger partial charge >= 0.3 is 5.97 Å². The molecule has 4 aromatic rings. The summed E-state index contributed by atoms with van der Waals surface area (Å²) in [6.45, 7) is 3.97. The van der Waals surface area contributed by atoms with Gasteiger partial charge in [-0.2, -0.15) is 0 Å². The molecule has 10 heteroatoms. The number of aliphatic hydroxyl groups excluding tert-OH is 1. The SMILES string of the molecule is CC(C)COC(=O)[C@H](O)C[C@@H](Cc1ccc(-c2cccc(Cl)c2)cc1)NC(=O)c1cc(=O)n(-c2ccccn2)[nH]1. The molecule has 2 aromatic heterocycles. The highest BCUT2D eigenvalue weighted by molar-refractivity contribution is 6.30. The van der Waals surface area contributed by atoms with Crippen molar-refractivity contribution in [2.24, 2.45) is 5.92 Å². The summed E-state index contributed by atoms with van der Waals surface area (Å²) in [6.07, 6.45) is 0.341. The summed E-state index contributed by atoms with van der Waals surface area (Å²) >= 11 is 6.12. The number of nitrogens with one attached hydrogen (secondary N) is 2. The number of esters is 1. The molecule has 0 saturated carbocycles. The Balaban J connectivity index is 1.52. The molecular formula is C30H31ClN4O5. The number of carbonyl (C=O) groups is 2. The number of aliphatic hydroxyl groups is 1. The topological polar surface area (TPSA) is 126 Å². The van der Waals surface area contributed by atoms with Gasteiger partial charge in [-0.25, -0.2) is 14.5 Å². The predicted octanol–water partition coefficient (Wildman–Crippen LogP) is 4.17. The Kier molecular flexibility index (Phi) is 9.52. The van der Waals surface area contributed by atoms with Gasteiger partial charge < -0.3 is 15.2 Å². The van der Waals surface area contributed by atoms with Crippen molar-refractivity contribution in [3.8, 4) is 16.9 Å². The first-order valence-corrected chi connectivity index (χ1v) is 13.3. The van der Waals surface area contributed by atoms with E-state index in [0.29, 0.717) is 17.3 Å². The Bertz CT molecular complexity index is 1500. The van der Waals surface area contributed by atoms with E-state index in [4.69, 9.17) is 16.3 Å². The second-order valence-electron chi connectivity index (χ2n) is 9.89. The molecule has 0 aliphatic carbocycles. The third kappa shape index (κ3) is 7.68. The summed E-state index contributed by atoms with van der Waals surface area (Å²) in [5, 5.41) is 16.8. The highest BCUT2D eigenvalue weighted by atomic mass is 35.5. The second-order valence-corrected chi connectivity index (χ2v) is 10.3. The molecule has 4 rings (SSSR count). The molecule has 1 amide bonds. The van der Waals surface area contributed by atoms with Gasteiger partial charge in [0, 0.05) is 29.7 Å². The minimum atomic E-state index is -1.44. The standard InChI is InChI=1S/C30H31ClN4O5/c1-19(2)18-40-30(39)26(36)16-24(14-20-9-11-21(12-10-20)22-6-5-7-23(31)15-22)33-29(38)25-17-28(37)35(34-25)27-8-3-4-13-32-27/h3-13,15,17,19,24,26,34,36H,14,16,18H2,1-2H3,(H,33,38)/t24-,26-/m1/s1. The van der Waals surface area contributed by atoms with E-state index in [9.17, 15) is 19.5 Å². The lowest BCUT2D eigenvalue weighted by Crippen LogP contribution is -2.41. The van der Waals surface area contributed by atoms with Crippen molar-refractivity contribution in [3.63, 3.8) is 0 Å². The zero-order valence-electron chi connectivity index (χ0n) is 22.2. The van der Waals surface area contributed by atoms with Gasteiger partial charge in [0.2, 0.25) is 0 Å². The fraction of sp³-hybridized carbons (Fsp3) is 0.267. The Morgan fingerprint density at radius 2 is 1.82 bits per heavy atom. The highest BCUT2D eigenvalue weighted by Crippen LogP contribution is 2.23. The van der Waals surface area contributed by atoms with Crippen LogP contribution < -0.4 is 10.9 Å². The summed E-state index contributed by atoms with van der Waals surface area (Å²) in [4.78, 5) is 42.1. The molecule has 0 bridgehead atoms. The van der Waals surface area contributed by atoms with Gasteiger partial charge in [-0.15, -0.1) is 0 Å². The Hall–Kier alpha value is -4.21. The zero-order chi connectivity index (χ0) is 28.6. The van der Waals surface area contributed by atoms with Crippen LogP contribution >= 0.6 is 11.6 Å². The Morgan fingerprint density at radius 3 is 2.50 bits per heavy atom. The number of aromatic nitrogens is 3. The molecule has 9 nitrogen and oxygen atoms in total. The van der Waals surface area contributed by atoms with Crippen molar-refractivity contribution in [2.45, 2.75) is 38.8 Å². The number of halogens is 1. The maximum Gasteiger partial charge on any atom is 0.335 e. The molecule has 3 N–H and O–H groups in total. The van der Waals surface area contributed by atoms with Crippen molar-refractivity contribution in [3.05, 3.63) is 106 Å². The van der Waals surface area contributed by atoms with Crippen LogP contribution in [0.5, 0.6) is 0 Å². The number of hydrogen-bond donors (Lipinski definition) is 3. The smallest absolute Gasteiger partial charge is 0.335 e. The molecule has 2 atom stereocenters. The van der Waals surface area contributed by atoms with Crippen LogP contribution in [0.4, 0.5) is 0 Å². The summed E-state index contributed by atoms with van der Waals surface area (Å²) in [5.41, 5.74) is 2.38. The van der Waals surface area contributed by atoms with Gasteiger partial charge in [-0.05, 0) is 53.3 Å².